The topological polar surface area (TPSA) is 47.6 Å². The molecule has 1 unspecified atom stereocenters. The summed E-state index contributed by atoms with van der Waals surface area (Å²) in [7, 11) is 1.60. The number of ether oxygens (including phenoxy) is 2. The van der Waals surface area contributed by atoms with E-state index >= 15 is 0 Å². The van der Waals surface area contributed by atoms with Crippen LogP contribution >= 0.6 is 0 Å². The van der Waals surface area contributed by atoms with Crippen LogP contribution in [0.2, 0.25) is 0 Å². The van der Waals surface area contributed by atoms with Crippen LogP contribution in [0.4, 0.5) is 0 Å². The molecule has 0 saturated heterocycles. The third kappa shape index (κ3) is 4.88. The zero-order chi connectivity index (χ0) is 17.4. The van der Waals surface area contributed by atoms with Crippen molar-refractivity contribution in [1.82, 2.24) is 5.32 Å². The molecule has 0 bridgehead atoms. The van der Waals surface area contributed by atoms with Gasteiger partial charge >= 0.3 is 0 Å². The van der Waals surface area contributed by atoms with E-state index in [0.29, 0.717) is 18.1 Å². The monoisotopic (exact) mass is 325 g/mol. The summed E-state index contributed by atoms with van der Waals surface area (Å²) >= 11 is 0. The second-order valence-electron chi connectivity index (χ2n) is 5.32. The zero-order valence-electron chi connectivity index (χ0n) is 14.3. The lowest BCUT2D eigenvalue weighted by Gasteiger charge is -2.12. The van der Waals surface area contributed by atoms with Crippen molar-refractivity contribution in [3.05, 3.63) is 65.7 Å². The number of amides is 1. The number of rotatable bonds is 7. The molecule has 0 aliphatic rings. The molecule has 1 atom stereocenters. The molecule has 126 valence electrons. The number of carbonyl (C=O) groups is 1. The quantitative estimate of drug-likeness (QED) is 0.783. The lowest BCUT2D eigenvalue weighted by atomic mass is 10.1. The summed E-state index contributed by atoms with van der Waals surface area (Å²) in [5.41, 5.74) is 1.94. The van der Waals surface area contributed by atoms with Crippen LogP contribution in [0.5, 0.6) is 11.5 Å². The molecule has 0 heterocycles. The van der Waals surface area contributed by atoms with E-state index in [0.717, 1.165) is 11.1 Å². The van der Waals surface area contributed by atoms with Crippen molar-refractivity contribution in [1.29, 1.82) is 0 Å². The predicted octanol–water partition coefficient (Wildman–Crippen LogP) is 3.98. The maximum Gasteiger partial charge on any atom is 0.244 e. The third-order valence-corrected chi connectivity index (χ3v) is 3.57. The van der Waals surface area contributed by atoms with Crippen molar-refractivity contribution in [3.8, 4) is 11.5 Å². The van der Waals surface area contributed by atoms with E-state index in [2.05, 4.69) is 5.32 Å². The Morgan fingerprint density at radius 2 is 1.92 bits per heavy atom. The lowest BCUT2D eigenvalue weighted by molar-refractivity contribution is -0.117. The Balaban J connectivity index is 2.01. The smallest absolute Gasteiger partial charge is 0.244 e. The van der Waals surface area contributed by atoms with E-state index in [4.69, 9.17) is 9.47 Å². The first-order valence-corrected chi connectivity index (χ1v) is 7.98. The fourth-order valence-electron chi connectivity index (χ4n) is 2.32. The Bertz CT molecular complexity index is 695. The second kappa shape index (κ2) is 8.77. The van der Waals surface area contributed by atoms with Crippen LogP contribution in [0.3, 0.4) is 0 Å². The number of hydrogen-bond acceptors (Lipinski definition) is 3. The fraction of sp³-hybridized carbons (Fsp3) is 0.250. The minimum atomic E-state index is -0.140. The summed E-state index contributed by atoms with van der Waals surface area (Å²) in [5.74, 6) is 1.20. The van der Waals surface area contributed by atoms with E-state index in [1.165, 1.54) is 6.08 Å². The standard InChI is InChI=1S/C20H23NO3/c1-4-24-18-12-10-16(14-19(18)23-3)11-13-20(22)21-15(2)17-8-6-5-7-9-17/h5-15H,4H2,1-3H3,(H,21,22)/b13-11+. The van der Waals surface area contributed by atoms with Crippen molar-refractivity contribution in [2.75, 3.05) is 13.7 Å². The number of carbonyl (C=O) groups excluding carboxylic acids is 1. The van der Waals surface area contributed by atoms with Gasteiger partial charge in [-0.1, -0.05) is 36.4 Å². The van der Waals surface area contributed by atoms with Gasteiger partial charge in [0.15, 0.2) is 11.5 Å². The van der Waals surface area contributed by atoms with E-state index in [-0.39, 0.29) is 11.9 Å². The highest BCUT2D eigenvalue weighted by Gasteiger charge is 2.07. The molecule has 2 aromatic carbocycles. The van der Waals surface area contributed by atoms with Gasteiger partial charge in [-0.2, -0.15) is 0 Å². The first-order valence-electron chi connectivity index (χ1n) is 7.98. The molecular formula is C20H23NO3. The van der Waals surface area contributed by atoms with Crippen LogP contribution in [0.15, 0.2) is 54.6 Å². The van der Waals surface area contributed by atoms with Crippen LogP contribution in [0.25, 0.3) is 6.08 Å². The molecule has 24 heavy (non-hydrogen) atoms. The van der Waals surface area contributed by atoms with Crippen molar-refractivity contribution >= 4 is 12.0 Å². The lowest BCUT2D eigenvalue weighted by Crippen LogP contribution is -2.24. The van der Waals surface area contributed by atoms with Gasteiger partial charge in [0.05, 0.1) is 19.8 Å². The largest absolute Gasteiger partial charge is 0.493 e. The number of methoxy groups -OCH3 is 1. The van der Waals surface area contributed by atoms with Crippen LogP contribution in [0, 0.1) is 0 Å². The third-order valence-electron chi connectivity index (χ3n) is 3.57. The minimum absolute atomic E-state index is 0.0433. The molecule has 0 aliphatic heterocycles. The molecule has 0 saturated carbocycles. The minimum Gasteiger partial charge on any atom is -0.493 e. The van der Waals surface area contributed by atoms with E-state index < -0.39 is 0 Å². The summed E-state index contributed by atoms with van der Waals surface area (Å²) in [6.45, 7) is 4.46. The number of nitrogens with one attached hydrogen (secondary N) is 1. The normalized spacial score (nSPS) is 12.0. The summed E-state index contributed by atoms with van der Waals surface area (Å²) in [4.78, 5) is 12.1. The Kier molecular flexibility index (Phi) is 6.43. The summed E-state index contributed by atoms with van der Waals surface area (Å²) in [6.07, 6.45) is 3.28. The number of benzene rings is 2. The molecule has 0 radical (unpaired) electrons. The van der Waals surface area contributed by atoms with Crippen LogP contribution in [0.1, 0.15) is 31.0 Å². The molecule has 1 amide bonds. The fourth-order valence-corrected chi connectivity index (χ4v) is 2.32. The molecule has 0 fully saturated rings. The highest BCUT2D eigenvalue weighted by molar-refractivity contribution is 5.92. The molecule has 2 aromatic rings. The van der Waals surface area contributed by atoms with Gasteiger partial charge in [0.2, 0.25) is 5.91 Å². The Hall–Kier alpha value is -2.75. The van der Waals surface area contributed by atoms with Crippen molar-refractivity contribution < 1.29 is 14.3 Å². The van der Waals surface area contributed by atoms with Gasteiger partial charge in [-0.15, -0.1) is 0 Å². The van der Waals surface area contributed by atoms with Gasteiger partial charge < -0.3 is 14.8 Å². The molecule has 1 N–H and O–H groups in total. The first kappa shape index (κ1) is 17.6. The highest BCUT2D eigenvalue weighted by Crippen LogP contribution is 2.28. The van der Waals surface area contributed by atoms with E-state index in [1.54, 1.807) is 13.2 Å². The van der Waals surface area contributed by atoms with Gasteiger partial charge in [-0.3, -0.25) is 4.79 Å². The van der Waals surface area contributed by atoms with Gasteiger partial charge in [-0.05, 0) is 43.2 Å². The average Bonchev–Trinajstić information content (AvgIpc) is 2.61. The van der Waals surface area contributed by atoms with E-state index in [9.17, 15) is 4.79 Å². The zero-order valence-corrected chi connectivity index (χ0v) is 14.3. The average molecular weight is 325 g/mol. The number of hydrogen-bond donors (Lipinski definition) is 1. The van der Waals surface area contributed by atoms with Crippen molar-refractivity contribution in [3.63, 3.8) is 0 Å². The molecule has 0 aliphatic carbocycles. The molecule has 2 rings (SSSR count). The van der Waals surface area contributed by atoms with Gasteiger partial charge in [0, 0.05) is 6.08 Å². The molecule has 0 aromatic heterocycles. The second-order valence-corrected chi connectivity index (χ2v) is 5.32. The van der Waals surface area contributed by atoms with Gasteiger partial charge in [0.1, 0.15) is 0 Å². The molecular weight excluding hydrogens is 302 g/mol. The van der Waals surface area contributed by atoms with Crippen molar-refractivity contribution in [2.24, 2.45) is 0 Å². The van der Waals surface area contributed by atoms with Gasteiger partial charge in [0.25, 0.3) is 0 Å². The summed E-state index contributed by atoms with van der Waals surface area (Å²) in [6, 6.07) is 15.4. The Labute approximate surface area is 143 Å². The van der Waals surface area contributed by atoms with E-state index in [1.807, 2.05) is 62.4 Å². The Morgan fingerprint density at radius 1 is 1.17 bits per heavy atom. The van der Waals surface area contributed by atoms with Crippen LogP contribution < -0.4 is 14.8 Å². The molecule has 4 nitrogen and oxygen atoms in total. The highest BCUT2D eigenvalue weighted by atomic mass is 16.5. The van der Waals surface area contributed by atoms with Gasteiger partial charge in [-0.25, -0.2) is 0 Å². The maximum atomic E-state index is 12.1. The molecule has 4 heteroatoms. The van der Waals surface area contributed by atoms with Crippen molar-refractivity contribution in [2.45, 2.75) is 19.9 Å². The maximum absolute atomic E-state index is 12.1. The van der Waals surface area contributed by atoms with Crippen LogP contribution in [-0.4, -0.2) is 19.6 Å². The SMILES string of the molecule is CCOc1ccc(/C=C/C(=O)NC(C)c2ccccc2)cc1OC. The first-order chi connectivity index (χ1) is 11.6. The summed E-state index contributed by atoms with van der Waals surface area (Å²) in [5, 5.41) is 2.95. The Morgan fingerprint density at radius 3 is 2.58 bits per heavy atom. The summed E-state index contributed by atoms with van der Waals surface area (Å²) < 4.78 is 10.8. The molecule has 0 spiro atoms. The predicted molar refractivity (Wildman–Crippen MR) is 96.2 cm³/mol. The van der Waals surface area contributed by atoms with Crippen LogP contribution in [-0.2, 0) is 4.79 Å².